The third-order valence-electron chi connectivity index (χ3n) is 2.29. The Kier molecular flexibility index (Phi) is 3.51. The summed E-state index contributed by atoms with van der Waals surface area (Å²) in [5.41, 5.74) is -5.17. The van der Waals surface area contributed by atoms with Crippen molar-refractivity contribution in [2.75, 3.05) is 0 Å². The standard InChI is InChI=1S/C10H6ClF3N2O3S/c1-5-8(19-20(17,18)10(12,13)14)2-6-4-15-9(11)3-7(6)16-5/h2-4H,1H3. The molecule has 0 N–H and O–H groups in total. The SMILES string of the molecule is Cc1nc2cc(Cl)ncc2cc1OS(=O)(=O)C(F)(F)F. The Bertz CT molecular complexity index is 777. The molecule has 0 atom stereocenters. The van der Waals surface area contributed by atoms with Gasteiger partial charge in [-0.05, 0) is 13.0 Å². The van der Waals surface area contributed by atoms with Crippen LogP contribution in [0.3, 0.4) is 0 Å². The first-order valence-corrected chi connectivity index (χ1v) is 6.82. The number of fused-ring (bicyclic) bond motifs is 1. The minimum atomic E-state index is -5.74. The quantitative estimate of drug-likeness (QED) is 0.482. The molecule has 0 radical (unpaired) electrons. The van der Waals surface area contributed by atoms with Gasteiger partial charge in [0.1, 0.15) is 5.15 Å². The number of hydrogen-bond acceptors (Lipinski definition) is 5. The van der Waals surface area contributed by atoms with Gasteiger partial charge in [-0.25, -0.2) is 9.97 Å². The number of aryl methyl sites for hydroxylation is 1. The molecule has 0 aliphatic rings. The summed E-state index contributed by atoms with van der Waals surface area (Å²) in [5.74, 6) is -0.515. The van der Waals surface area contributed by atoms with E-state index in [4.69, 9.17) is 11.6 Å². The summed E-state index contributed by atoms with van der Waals surface area (Å²) >= 11 is 5.65. The monoisotopic (exact) mass is 326 g/mol. The summed E-state index contributed by atoms with van der Waals surface area (Å²) in [4.78, 5) is 7.64. The number of hydrogen-bond donors (Lipinski definition) is 0. The molecule has 0 saturated heterocycles. The molecular weight excluding hydrogens is 321 g/mol. The highest BCUT2D eigenvalue weighted by atomic mass is 35.5. The first kappa shape index (κ1) is 14.8. The topological polar surface area (TPSA) is 69.2 Å². The van der Waals surface area contributed by atoms with E-state index < -0.39 is 21.4 Å². The van der Waals surface area contributed by atoms with Gasteiger partial charge in [-0.15, -0.1) is 0 Å². The van der Waals surface area contributed by atoms with Crippen LogP contribution in [0.1, 0.15) is 5.69 Å². The molecule has 2 rings (SSSR count). The van der Waals surface area contributed by atoms with Crippen molar-refractivity contribution in [1.82, 2.24) is 9.97 Å². The van der Waals surface area contributed by atoms with Gasteiger partial charge in [0.2, 0.25) is 0 Å². The molecule has 0 aliphatic heterocycles. The Morgan fingerprint density at radius 2 is 1.95 bits per heavy atom. The van der Waals surface area contributed by atoms with E-state index in [2.05, 4.69) is 14.2 Å². The number of pyridine rings is 2. The van der Waals surface area contributed by atoms with Gasteiger partial charge >= 0.3 is 15.6 Å². The first-order chi connectivity index (χ1) is 9.10. The third kappa shape index (κ3) is 2.78. The van der Waals surface area contributed by atoms with E-state index in [0.717, 1.165) is 6.07 Å². The summed E-state index contributed by atoms with van der Waals surface area (Å²) < 4.78 is 62.7. The highest BCUT2D eigenvalue weighted by molar-refractivity contribution is 7.88. The summed E-state index contributed by atoms with van der Waals surface area (Å²) in [6, 6.07) is 2.50. The third-order valence-corrected chi connectivity index (χ3v) is 3.47. The molecule has 0 aliphatic carbocycles. The van der Waals surface area contributed by atoms with Gasteiger partial charge in [0.25, 0.3) is 0 Å². The van der Waals surface area contributed by atoms with Crippen molar-refractivity contribution in [2.24, 2.45) is 0 Å². The highest BCUT2D eigenvalue weighted by Gasteiger charge is 2.48. The van der Waals surface area contributed by atoms with Crippen LogP contribution in [-0.4, -0.2) is 23.9 Å². The average Bonchev–Trinajstić information content (AvgIpc) is 2.28. The van der Waals surface area contributed by atoms with Gasteiger partial charge < -0.3 is 4.18 Å². The number of rotatable bonds is 2. The van der Waals surface area contributed by atoms with E-state index in [1.807, 2.05) is 0 Å². The summed E-state index contributed by atoms with van der Waals surface area (Å²) in [5, 5.41) is 0.452. The minimum Gasteiger partial charge on any atom is -0.374 e. The van der Waals surface area contributed by atoms with Gasteiger partial charge in [-0.2, -0.15) is 21.6 Å². The Morgan fingerprint density at radius 3 is 2.55 bits per heavy atom. The zero-order valence-corrected chi connectivity index (χ0v) is 11.3. The van der Waals surface area contributed by atoms with Gasteiger partial charge in [-0.1, -0.05) is 11.6 Å². The van der Waals surface area contributed by atoms with Crippen LogP contribution >= 0.6 is 11.6 Å². The average molecular weight is 327 g/mol. The zero-order valence-electron chi connectivity index (χ0n) is 9.77. The fourth-order valence-electron chi connectivity index (χ4n) is 1.37. The zero-order chi connectivity index (χ0) is 15.1. The van der Waals surface area contributed by atoms with Crippen LogP contribution in [0.2, 0.25) is 5.15 Å². The summed E-state index contributed by atoms with van der Waals surface area (Å²) in [6.07, 6.45) is 1.25. The van der Waals surface area contributed by atoms with Crippen LogP contribution in [0, 0.1) is 6.92 Å². The molecule has 0 saturated carbocycles. The fraction of sp³-hybridized carbons (Fsp3) is 0.200. The van der Waals surface area contributed by atoms with Gasteiger partial charge in [0.05, 0.1) is 11.2 Å². The molecule has 0 unspecified atom stereocenters. The normalized spacial score (nSPS) is 12.7. The lowest BCUT2D eigenvalue weighted by molar-refractivity contribution is -0.0500. The molecule has 0 amide bonds. The Morgan fingerprint density at radius 1 is 1.30 bits per heavy atom. The molecule has 2 aromatic rings. The molecular formula is C10H6ClF3N2O3S. The van der Waals surface area contributed by atoms with Crippen LogP contribution in [0.4, 0.5) is 13.2 Å². The molecule has 0 fully saturated rings. The van der Waals surface area contributed by atoms with E-state index in [0.29, 0.717) is 10.9 Å². The van der Waals surface area contributed by atoms with E-state index in [1.165, 1.54) is 19.2 Å². The van der Waals surface area contributed by atoms with Gasteiger partial charge in [-0.3, -0.25) is 0 Å². The second-order valence-electron chi connectivity index (χ2n) is 3.75. The van der Waals surface area contributed by atoms with Gasteiger partial charge in [0, 0.05) is 17.6 Å². The molecule has 5 nitrogen and oxygen atoms in total. The largest absolute Gasteiger partial charge is 0.534 e. The lowest BCUT2D eigenvalue weighted by atomic mass is 10.2. The maximum Gasteiger partial charge on any atom is 0.534 e. The molecule has 2 heterocycles. The van der Waals surface area contributed by atoms with E-state index in [-0.39, 0.29) is 10.8 Å². The molecule has 0 bridgehead atoms. The second kappa shape index (κ2) is 4.74. The molecule has 0 spiro atoms. The number of nitrogens with zero attached hydrogens (tertiary/aromatic N) is 2. The van der Waals surface area contributed by atoms with Crippen molar-refractivity contribution in [2.45, 2.75) is 12.4 Å². The molecule has 2 aromatic heterocycles. The Hall–Kier alpha value is -1.61. The van der Waals surface area contributed by atoms with E-state index >= 15 is 0 Å². The van der Waals surface area contributed by atoms with Gasteiger partial charge in [0.15, 0.2) is 5.75 Å². The van der Waals surface area contributed by atoms with Crippen molar-refractivity contribution in [3.8, 4) is 5.75 Å². The summed E-state index contributed by atoms with van der Waals surface area (Å²) in [6.45, 7) is 1.31. The van der Waals surface area contributed by atoms with Crippen molar-refractivity contribution in [1.29, 1.82) is 0 Å². The number of halogens is 4. The van der Waals surface area contributed by atoms with Crippen LogP contribution in [-0.2, 0) is 10.1 Å². The van der Waals surface area contributed by atoms with E-state index in [9.17, 15) is 21.6 Å². The Labute approximate surface area is 116 Å². The Balaban J connectivity index is 2.51. The predicted molar refractivity (Wildman–Crippen MR) is 64.9 cm³/mol. The number of aromatic nitrogens is 2. The van der Waals surface area contributed by atoms with Crippen molar-refractivity contribution in [3.05, 3.63) is 29.2 Å². The highest BCUT2D eigenvalue weighted by Crippen LogP contribution is 2.30. The molecule has 20 heavy (non-hydrogen) atoms. The van der Waals surface area contributed by atoms with E-state index in [1.54, 1.807) is 0 Å². The predicted octanol–water partition coefficient (Wildman–Crippen LogP) is 2.82. The van der Waals surface area contributed by atoms with Crippen molar-refractivity contribution >= 4 is 32.6 Å². The van der Waals surface area contributed by atoms with Crippen molar-refractivity contribution < 1.29 is 25.8 Å². The van der Waals surface area contributed by atoms with Crippen LogP contribution in [0.25, 0.3) is 10.9 Å². The van der Waals surface area contributed by atoms with Crippen LogP contribution in [0.5, 0.6) is 5.75 Å². The molecule has 108 valence electrons. The fourth-order valence-corrected chi connectivity index (χ4v) is 2.02. The smallest absolute Gasteiger partial charge is 0.374 e. The first-order valence-electron chi connectivity index (χ1n) is 5.04. The maximum absolute atomic E-state index is 12.3. The van der Waals surface area contributed by atoms with Crippen molar-refractivity contribution in [3.63, 3.8) is 0 Å². The number of alkyl halides is 3. The minimum absolute atomic E-state index is 0.0207. The molecule has 10 heteroatoms. The summed E-state index contributed by atoms with van der Waals surface area (Å²) in [7, 11) is -5.74. The lowest BCUT2D eigenvalue weighted by Gasteiger charge is -2.11. The second-order valence-corrected chi connectivity index (χ2v) is 5.68. The molecule has 0 aromatic carbocycles. The van der Waals surface area contributed by atoms with Crippen LogP contribution < -0.4 is 4.18 Å². The van der Waals surface area contributed by atoms with Crippen LogP contribution in [0.15, 0.2) is 18.3 Å². The maximum atomic E-state index is 12.3. The lowest BCUT2D eigenvalue weighted by Crippen LogP contribution is -2.28.